The second kappa shape index (κ2) is 9.23. The predicted octanol–water partition coefficient (Wildman–Crippen LogP) is 3.91. The average molecular weight is 443 g/mol. The number of benzene rings is 2. The van der Waals surface area contributed by atoms with Crippen LogP contribution in [0.5, 0.6) is 5.75 Å². The monoisotopic (exact) mass is 442 g/mol. The maximum absolute atomic E-state index is 12.2. The molecule has 0 fully saturated rings. The van der Waals surface area contributed by atoms with Crippen molar-refractivity contribution in [3.8, 4) is 5.75 Å². The number of ether oxygens (including phenoxy) is 1. The third-order valence-electron chi connectivity index (χ3n) is 3.98. The smallest absolute Gasteiger partial charge is 0.287 e. The summed E-state index contributed by atoms with van der Waals surface area (Å²) < 4.78 is 12.1. The first kappa shape index (κ1) is 19.7. The number of halogens is 1. The van der Waals surface area contributed by atoms with Crippen molar-refractivity contribution in [1.82, 2.24) is 10.6 Å². The number of amides is 2. The maximum atomic E-state index is 12.2. The van der Waals surface area contributed by atoms with Crippen molar-refractivity contribution in [2.75, 3.05) is 7.05 Å². The van der Waals surface area contributed by atoms with Crippen LogP contribution >= 0.6 is 15.9 Å². The van der Waals surface area contributed by atoms with Gasteiger partial charge in [-0.2, -0.15) is 0 Å². The van der Waals surface area contributed by atoms with Crippen molar-refractivity contribution in [2.45, 2.75) is 13.2 Å². The minimum Gasteiger partial charge on any atom is -0.486 e. The Morgan fingerprint density at radius 2 is 1.68 bits per heavy atom. The predicted molar refractivity (Wildman–Crippen MR) is 108 cm³/mol. The van der Waals surface area contributed by atoms with E-state index in [1.165, 1.54) is 0 Å². The first-order valence-corrected chi connectivity index (χ1v) is 9.41. The molecule has 3 aromatic rings. The van der Waals surface area contributed by atoms with Gasteiger partial charge in [-0.15, -0.1) is 0 Å². The van der Waals surface area contributed by atoms with E-state index in [-0.39, 0.29) is 24.2 Å². The summed E-state index contributed by atoms with van der Waals surface area (Å²) in [7, 11) is 1.58. The molecule has 0 unspecified atom stereocenters. The van der Waals surface area contributed by atoms with Crippen molar-refractivity contribution in [3.63, 3.8) is 0 Å². The van der Waals surface area contributed by atoms with Gasteiger partial charge in [-0.05, 0) is 54.1 Å². The van der Waals surface area contributed by atoms with Gasteiger partial charge in [0, 0.05) is 23.6 Å². The van der Waals surface area contributed by atoms with Crippen LogP contribution < -0.4 is 15.4 Å². The molecule has 0 radical (unpaired) electrons. The van der Waals surface area contributed by atoms with E-state index in [1.807, 2.05) is 24.3 Å². The van der Waals surface area contributed by atoms with Crippen LogP contribution in [-0.4, -0.2) is 18.9 Å². The standard InChI is InChI=1S/C21H19BrN2O4/c1-23-20(25)15-4-2-14(3-5-15)12-24-21(26)19-11-10-18(28-19)13-27-17-8-6-16(22)7-9-17/h2-11H,12-13H2,1H3,(H,23,25)(H,24,26). The van der Waals surface area contributed by atoms with Gasteiger partial charge in [0.05, 0.1) is 0 Å². The van der Waals surface area contributed by atoms with Crippen LogP contribution in [0.4, 0.5) is 0 Å². The van der Waals surface area contributed by atoms with Gasteiger partial charge in [-0.25, -0.2) is 0 Å². The molecule has 2 amide bonds. The molecule has 0 bridgehead atoms. The Labute approximate surface area is 171 Å². The zero-order valence-electron chi connectivity index (χ0n) is 15.2. The Hall–Kier alpha value is -3.06. The zero-order chi connectivity index (χ0) is 19.9. The number of carbonyl (C=O) groups is 2. The van der Waals surface area contributed by atoms with Crippen molar-refractivity contribution in [3.05, 3.63) is 87.8 Å². The summed E-state index contributed by atoms with van der Waals surface area (Å²) in [4.78, 5) is 23.8. The molecule has 0 saturated carbocycles. The van der Waals surface area contributed by atoms with Gasteiger partial charge < -0.3 is 19.8 Å². The van der Waals surface area contributed by atoms with Gasteiger partial charge in [-0.3, -0.25) is 9.59 Å². The lowest BCUT2D eigenvalue weighted by Gasteiger charge is -2.05. The Balaban J connectivity index is 1.51. The van der Waals surface area contributed by atoms with Gasteiger partial charge in [-0.1, -0.05) is 28.1 Å². The topological polar surface area (TPSA) is 80.6 Å². The number of hydrogen-bond donors (Lipinski definition) is 2. The van der Waals surface area contributed by atoms with Gasteiger partial charge in [0.15, 0.2) is 5.76 Å². The summed E-state index contributed by atoms with van der Waals surface area (Å²) in [6.07, 6.45) is 0. The number of nitrogens with one attached hydrogen (secondary N) is 2. The van der Waals surface area contributed by atoms with Crippen LogP contribution in [0.15, 0.2) is 69.6 Å². The van der Waals surface area contributed by atoms with Gasteiger partial charge in [0.25, 0.3) is 11.8 Å². The summed E-state index contributed by atoms with van der Waals surface area (Å²) in [5, 5.41) is 5.36. The Kier molecular flexibility index (Phi) is 6.49. The lowest BCUT2D eigenvalue weighted by atomic mass is 10.1. The van der Waals surface area contributed by atoms with E-state index in [1.54, 1.807) is 43.4 Å². The van der Waals surface area contributed by atoms with Crippen LogP contribution in [0.25, 0.3) is 0 Å². The molecule has 0 spiro atoms. The Morgan fingerprint density at radius 3 is 2.36 bits per heavy atom. The summed E-state index contributed by atoms with van der Waals surface area (Å²) in [5.74, 6) is 1.03. The number of carbonyl (C=O) groups excluding carboxylic acids is 2. The molecule has 0 aliphatic carbocycles. The Bertz CT molecular complexity index is 949. The highest BCUT2D eigenvalue weighted by Crippen LogP contribution is 2.18. The zero-order valence-corrected chi connectivity index (χ0v) is 16.8. The van der Waals surface area contributed by atoms with Crippen molar-refractivity contribution >= 4 is 27.7 Å². The molecule has 0 atom stereocenters. The highest BCUT2D eigenvalue weighted by atomic mass is 79.9. The molecule has 3 rings (SSSR count). The average Bonchev–Trinajstić information content (AvgIpc) is 3.20. The molecule has 1 heterocycles. The molecule has 0 aliphatic rings. The van der Waals surface area contributed by atoms with Crippen LogP contribution in [0.2, 0.25) is 0 Å². The summed E-state index contributed by atoms with van der Waals surface area (Å²) in [6.45, 7) is 0.564. The third-order valence-corrected chi connectivity index (χ3v) is 4.51. The van der Waals surface area contributed by atoms with Crippen molar-refractivity contribution < 1.29 is 18.7 Å². The Morgan fingerprint density at radius 1 is 0.964 bits per heavy atom. The fraction of sp³-hybridized carbons (Fsp3) is 0.143. The van der Waals surface area contributed by atoms with Crippen LogP contribution in [0.3, 0.4) is 0 Å². The SMILES string of the molecule is CNC(=O)c1ccc(CNC(=O)c2ccc(COc3ccc(Br)cc3)o2)cc1. The largest absolute Gasteiger partial charge is 0.486 e. The third kappa shape index (κ3) is 5.23. The molecule has 7 heteroatoms. The molecule has 144 valence electrons. The van der Waals surface area contributed by atoms with E-state index in [0.29, 0.717) is 23.6 Å². The lowest BCUT2D eigenvalue weighted by Crippen LogP contribution is -2.22. The van der Waals surface area contributed by atoms with E-state index in [2.05, 4.69) is 26.6 Å². The maximum Gasteiger partial charge on any atom is 0.287 e. The minimum absolute atomic E-state index is 0.149. The van der Waals surface area contributed by atoms with E-state index in [9.17, 15) is 9.59 Å². The number of furan rings is 1. The highest BCUT2D eigenvalue weighted by Gasteiger charge is 2.11. The van der Waals surface area contributed by atoms with Gasteiger partial charge in [0.1, 0.15) is 18.1 Å². The molecule has 0 saturated heterocycles. The molecular weight excluding hydrogens is 424 g/mol. The molecule has 1 aromatic heterocycles. The van der Waals surface area contributed by atoms with E-state index in [4.69, 9.17) is 9.15 Å². The van der Waals surface area contributed by atoms with E-state index in [0.717, 1.165) is 10.0 Å². The normalized spacial score (nSPS) is 10.4. The first-order valence-electron chi connectivity index (χ1n) is 8.61. The summed E-state index contributed by atoms with van der Waals surface area (Å²) >= 11 is 3.37. The molecular formula is C21H19BrN2O4. The van der Waals surface area contributed by atoms with E-state index < -0.39 is 0 Å². The fourth-order valence-electron chi connectivity index (χ4n) is 2.45. The minimum atomic E-state index is -0.315. The second-order valence-electron chi connectivity index (χ2n) is 5.97. The van der Waals surface area contributed by atoms with Crippen molar-refractivity contribution in [1.29, 1.82) is 0 Å². The van der Waals surface area contributed by atoms with E-state index >= 15 is 0 Å². The molecule has 2 aromatic carbocycles. The second-order valence-corrected chi connectivity index (χ2v) is 6.88. The lowest BCUT2D eigenvalue weighted by molar-refractivity contribution is 0.0917. The molecule has 2 N–H and O–H groups in total. The van der Waals surface area contributed by atoms with Crippen LogP contribution in [0.1, 0.15) is 32.2 Å². The summed E-state index contributed by atoms with van der Waals surface area (Å²) in [5.41, 5.74) is 1.45. The first-order chi connectivity index (χ1) is 13.5. The van der Waals surface area contributed by atoms with Crippen LogP contribution in [0, 0.1) is 0 Å². The number of hydrogen-bond acceptors (Lipinski definition) is 4. The summed E-state index contributed by atoms with van der Waals surface area (Å²) in [6, 6.07) is 17.8. The van der Waals surface area contributed by atoms with Crippen LogP contribution in [-0.2, 0) is 13.2 Å². The number of rotatable bonds is 7. The van der Waals surface area contributed by atoms with Gasteiger partial charge >= 0.3 is 0 Å². The quantitative estimate of drug-likeness (QED) is 0.581. The fourth-order valence-corrected chi connectivity index (χ4v) is 2.71. The molecule has 0 aliphatic heterocycles. The highest BCUT2D eigenvalue weighted by molar-refractivity contribution is 9.10. The van der Waals surface area contributed by atoms with Gasteiger partial charge in [0.2, 0.25) is 0 Å². The molecule has 6 nitrogen and oxygen atoms in total. The van der Waals surface area contributed by atoms with Crippen molar-refractivity contribution in [2.24, 2.45) is 0 Å². The molecule has 28 heavy (non-hydrogen) atoms.